The molecule has 1 N–H and O–H groups in total. The Bertz CT molecular complexity index is 682. The third kappa shape index (κ3) is 3.82. The van der Waals surface area contributed by atoms with Crippen LogP contribution < -0.4 is 10.2 Å². The molecule has 1 heterocycles. The van der Waals surface area contributed by atoms with Gasteiger partial charge in [0.2, 0.25) is 0 Å². The molecule has 0 unspecified atom stereocenters. The van der Waals surface area contributed by atoms with E-state index in [1.807, 2.05) is 31.1 Å². The van der Waals surface area contributed by atoms with Gasteiger partial charge in [0.15, 0.2) is 10.8 Å². The Hall–Kier alpha value is -2.41. The lowest BCUT2D eigenvalue weighted by atomic mass is 10.2. The van der Waals surface area contributed by atoms with Crippen molar-refractivity contribution in [2.75, 3.05) is 30.9 Å². The summed E-state index contributed by atoms with van der Waals surface area (Å²) in [5.74, 6) is -0.762. The second-order valence-corrected chi connectivity index (χ2v) is 5.52. The lowest BCUT2D eigenvalue weighted by Crippen LogP contribution is -2.14. The van der Waals surface area contributed by atoms with Crippen LogP contribution in [0.3, 0.4) is 0 Å². The van der Waals surface area contributed by atoms with E-state index in [0.717, 1.165) is 5.69 Å². The summed E-state index contributed by atoms with van der Waals surface area (Å²) in [5, 5.41) is 4.61. The molecule has 2 aromatic rings. The van der Waals surface area contributed by atoms with E-state index in [0.29, 0.717) is 10.7 Å². The Morgan fingerprint density at radius 2 is 2.14 bits per heavy atom. The molecule has 0 bridgehead atoms. The highest BCUT2D eigenvalue weighted by Gasteiger charge is 2.14. The number of amides is 1. The van der Waals surface area contributed by atoms with Crippen LogP contribution in [0.5, 0.6) is 0 Å². The number of thiazole rings is 1. The van der Waals surface area contributed by atoms with Crippen LogP contribution in [0.1, 0.15) is 27.8 Å². The average molecular weight is 319 g/mol. The van der Waals surface area contributed by atoms with Gasteiger partial charge >= 0.3 is 5.97 Å². The predicted molar refractivity (Wildman–Crippen MR) is 86.8 cm³/mol. The molecule has 0 fully saturated rings. The van der Waals surface area contributed by atoms with Gasteiger partial charge in [-0.25, -0.2) is 9.78 Å². The predicted octanol–water partition coefficient (Wildman–Crippen LogP) is 2.64. The number of hydrogen-bond acceptors (Lipinski definition) is 6. The lowest BCUT2D eigenvalue weighted by molar-refractivity contribution is 0.0520. The zero-order valence-corrected chi connectivity index (χ0v) is 13.4. The maximum absolute atomic E-state index is 12.2. The van der Waals surface area contributed by atoms with Gasteiger partial charge in [-0.2, -0.15) is 0 Å². The number of nitrogens with one attached hydrogen (secondary N) is 1. The highest BCUT2D eigenvalue weighted by Crippen LogP contribution is 2.19. The first kappa shape index (κ1) is 16.0. The van der Waals surface area contributed by atoms with Crippen molar-refractivity contribution in [2.45, 2.75) is 6.92 Å². The van der Waals surface area contributed by atoms with E-state index < -0.39 is 5.97 Å². The fourth-order valence-electron chi connectivity index (χ4n) is 1.72. The van der Waals surface area contributed by atoms with Crippen molar-refractivity contribution in [3.63, 3.8) is 0 Å². The zero-order valence-electron chi connectivity index (χ0n) is 12.6. The van der Waals surface area contributed by atoms with Crippen molar-refractivity contribution in [2.24, 2.45) is 0 Å². The third-order valence-electron chi connectivity index (χ3n) is 2.83. The van der Waals surface area contributed by atoms with Gasteiger partial charge in [0.05, 0.1) is 6.61 Å². The molecule has 0 aliphatic carbocycles. The molecule has 1 aromatic heterocycles. The van der Waals surface area contributed by atoms with Gasteiger partial charge in [0, 0.05) is 30.7 Å². The minimum absolute atomic E-state index is 0.198. The van der Waals surface area contributed by atoms with Crippen molar-refractivity contribution >= 4 is 34.0 Å². The molecule has 0 spiro atoms. The first-order valence-electron chi connectivity index (χ1n) is 6.72. The Labute approximate surface area is 132 Å². The summed E-state index contributed by atoms with van der Waals surface area (Å²) in [6.45, 7) is 2.01. The Kier molecular flexibility index (Phi) is 5.11. The summed E-state index contributed by atoms with van der Waals surface area (Å²) in [7, 11) is 3.81. The van der Waals surface area contributed by atoms with Crippen LogP contribution in [0.2, 0.25) is 0 Å². The monoisotopic (exact) mass is 319 g/mol. The molecule has 0 saturated heterocycles. The molecular weight excluding hydrogens is 302 g/mol. The Morgan fingerprint density at radius 1 is 1.36 bits per heavy atom. The molecule has 7 heteroatoms. The van der Waals surface area contributed by atoms with Gasteiger partial charge in [0.25, 0.3) is 5.91 Å². The van der Waals surface area contributed by atoms with Crippen LogP contribution in [0.25, 0.3) is 0 Å². The molecule has 2 rings (SSSR count). The van der Waals surface area contributed by atoms with E-state index in [4.69, 9.17) is 4.74 Å². The summed E-state index contributed by atoms with van der Waals surface area (Å²) in [6, 6.07) is 7.24. The number of nitrogens with zero attached hydrogens (tertiary/aromatic N) is 2. The van der Waals surface area contributed by atoms with Crippen molar-refractivity contribution in [3.8, 4) is 0 Å². The molecule has 0 aliphatic rings. The number of anilines is 2. The average Bonchev–Trinajstić information content (AvgIpc) is 2.96. The standard InChI is InChI=1S/C15H17N3O3S/c1-4-21-14(20)12-9-22-15(16-12)17-13(19)10-6-5-7-11(8-10)18(2)3/h5-9H,4H2,1-3H3,(H,16,17,19). The number of esters is 1. The van der Waals surface area contributed by atoms with Crippen molar-refractivity contribution in [1.29, 1.82) is 0 Å². The third-order valence-corrected chi connectivity index (χ3v) is 3.59. The quantitative estimate of drug-likeness (QED) is 0.858. The topological polar surface area (TPSA) is 71.5 Å². The van der Waals surface area contributed by atoms with Crippen molar-refractivity contribution in [3.05, 3.63) is 40.9 Å². The number of aromatic nitrogens is 1. The maximum Gasteiger partial charge on any atom is 0.357 e. The van der Waals surface area contributed by atoms with Crippen LogP contribution in [0, 0.1) is 0 Å². The molecule has 116 valence electrons. The summed E-state index contributed by atoms with van der Waals surface area (Å²) in [4.78, 5) is 29.7. The van der Waals surface area contributed by atoms with Crippen LogP contribution in [0.15, 0.2) is 29.6 Å². The summed E-state index contributed by atoms with van der Waals surface area (Å²) < 4.78 is 4.86. The van der Waals surface area contributed by atoms with Gasteiger partial charge in [-0.15, -0.1) is 11.3 Å². The van der Waals surface area contributed by atoms with Crippen LogP contribution in [-0.2, 0) is 4.74 Å². The Morgan fingerprint density at radius 3 is 2.82 bits per heavy atom. The number of ether oxygens (including phenoxy) is 1. The number of hydrogen-bond donors (Lipinski definition) is 1. The smallest absolute Gasteiger partial charge is 0.357 e. The lowest BCUT2D eigenvalue weighted by Gasteiger charge is -2.13. The normalized spacial score (nSPS) is 10.1. The minimum Gasteiger partial charge on any atom is -0.461 e. The second kappa shape index (κ2) is 7.04. The molecule has 0 aliphatic heterocycles. The highest BCUT2D eigenvalue weighted by molar-refractivity contribution is 7.14. The van der Waals surface area contributed by atoms with Crippen molar-refractivity contribution < 1.29 is 14.3 Å². The Balaban J connectivity index is 2.09. The van der Waals surface area contributed by atoms with Gasteiger partial charge < -0.3 is 9.64 Å². The van der Waals surface area contributed by atoms with E-state index in [-0.39, 0.29) is 18.2 Å². The van der Waals surface area contributed by atoms with E-state index in [9.17, 15) is 9.59 Å². The van der Waals surface area contributed by atoms with E-state index >= 15 is 0 Å². The summed E-state index contributed by atoms with van der Waals surface area (Å²) in [6.07, 6.45) is 0. The molecule has 1 aromatic carbocycles. The molecule has 6 nitrogen and oxygen atoms in total. The van der Waals surface area contributed by atoms with Gasteiger partial charge in [-0.1, -0.05) is 6.07 Å². The highest BCUT2D eigenvalue weighted by atomic mass is 32.1. The molecule has 0 saturated carbocycles. The zero-order chi connectivity index (χ0) is 16.1. The molecule has 0 radical (unpaired) electrons. The molecule has 22 heavy (non-hydrogen) atoms. The first-order chi connectivity index (χ1) is 10.5. The minimum atomic E-state index is -0.492. The maximum atomic E-state index is 12.2. The second-order valence-electron chi connectivity index (χ2n) is 4.66. The summed E-state index contributed by atoms with van der Waals surface area (Å²) in [5.41, 5.74) is 1.65. The number of rotatable bonds is 5. The van der Waals surface area contributed by atoms with Crippen LogP contribution >= 0.6 is 11.3 Å². The fourth-order valence-corrected chi connectivity index (χ4v) is 2.40. The van der Waals surface area contributed by atoms with Crippen molar-refractivity contribution in [1.82, 2.24) is 4.98 Å². The van der Waals surface area contributed by atoms with Gasteiger partial charge in [-0.05, 0) is 25.1 Å². The molecule has 0 atom stereocenters. The van der Waals surface area contributed by atoms with Gasteiger partial charge in [-0.3, -0.25) is 10.1 Å². The van der Waals surface area contributed by atoms with E-state index in [1.54, 1.807) is 24.4 Å². The number of carbonyl (C=O) groups excluding carboxylic acids is 2. The number of carbonyl (C=O) groups is 2. The van der Waals surface area contributed by atoms with E-state index in [2.05, 4.69) is 10.3 Å². The van der Waals surface area contributed by atoms with Crippen LogP contribution in [-0.4, -0.2) is 37.6 Å². The first-order valence-corrected chi connectivity index (χ1v) is 7.60. The molecule has 1 amide bonds. The van der Waals surface area contributed by atoms with Gasteiger partial charge in [0.1, 0.15) is 0 Å². The van der Waals surface area contributed by atoms with Crippen LogP contribution in [0.4, 0.5) is 10.8 Å². The van der Waals surface area contributed by atoms with E-state index in [1.165, 1.54) is 11.3 Å². The largest absolute Gasteiger partial charge is 0.461 e. The summed E-state index contributed by atoms with van der Waals surface area (Å²) >= 11 is 1.18. The SMILES string of the molecule is CCOC(=O)c1csc(NC(=O)c2cccc(N(C)C)c2)n1. The number of benzene rings is 1. The fraction of sp³-hybridized carbons (Fsp3) is 0.267. The molecular formula is C15H17N3O3S.